The molecule has 1 unspecified atom stereocenters. The molecule has 0 aliphatic heterocycles. The van der Waals surface area contributed by atoms with Crippen molar-refractivity contribution in [2.45, 2.75) is 12.5 Å². The zero-order valence-electron chi connectivity index (χ0n) is 7.74. The summed E-state index contributed by atoms with van der Waals surface area (Å²) in [6.45, 7) is -0.273. The molecule has 0 saturated carbocycles. The van der Waals surface area contributed by atoms with Crippen molar-refractivity contribution in [2.24, 2.45) is 5.73 Å². The van der Waals surface area contributed by atoms with Gasteiger partial charge in [0, 0.05) is 18.2 Å². The van der Waals surface area contributed by atoms with Gasteiger partial charge in [0.1, 0.15) is 0 Å². The van der Waals surface area contributed by atoms with Gasteiger partial charge in [-0.3, -0.25) is 0 Å². The second kappa shape index (κ2) is 4.41. The smallest absolute Gasteiger partial charge is 0.209 e. The van der Waals surface area contributed by atoms with E-state index in [4.69, 9.17) is 15.9 Å². The van der Waals surface area contributed by atoms with Crippen LogP contribution in [0, 0.1) is 11.6 Å². The van der Waals surface area contributed by atoms with Crippen molar-refractivity contribution in [1.82, 2.24) is 0 Å². The normalized spacial score (nSPS) is 12.8. The highest BCUT2D eigenvalue weighted by Crippen LogP contribution is 2.34. The molecule has 0 aliphatic carbocycles. The topological polar surface area (TPSA) is 86.7 Å². The van der Waals surface area contributed by atoms with Crippen LogP contribution < -0.4 is 5.73 Å². The van der Waals surface area contributed by atoms with Crippen molar-refractivity contribution < 1.29 is 24.1 Å². The average Bonchev–Trinajstić information content (AvgIpc) is 2.20. The van der Waals surface area contributed by atoms with Gasteiger partial charge in [-0.05, 0) is 12.5 Å². The largest absolute Gasteiger partial charge is 0.504 e. The Bertz CT molecular complexity index is 371. The second-order valence-electron chi connectivity index (χ2n) is 3.08. The summed E-state index contributed by atoms with van der Waals surface area (Å²) in [5, 5.41) is 26.6. The molecule has 6 heteroatoms. The molecule has 0 heterocycles. The third-order valence-electron chi connectivity index (χ3n) is 2.04. The predicted octanol–water partition coefficient (Wildman–Crippen LogP) is 0.758. The van der Waals surface area contributed by atoms with Gasteiger partial charge < -0.3 is 21.1 Å². The predicted molar refractivity (Wildman–Crippen MR) is 48.3 cm³/mol. The first-order valence-corrected chi connectivity index (χ1v) is 4.25. The summed E-state index contributed by atoms with van der Waals surface area (Å²) >= 11 is 0. The number of hydrogen-bond donors (Lipinski definition) is 4. The van der Waals surface area contributed by atoms with Crippen LogP contribution in [0.2, 0.25) is 0 Å². The Hall–Kier alpha value is -1.40. The van der Waals surface area contributed by atoms with Crippen LogP contribution in [0.15, 0.2) is 6.07 Å². The lowest BCUT2D eigenvalue weighted by atomic mass is 10.0. The summed E-state index contributed by atoms with van der Waals surface area (Å²) in [4.78, 5) is 0. The number of nitrogens with two attached hydrogens (primary N) is 1. The highest BCUT2D eigenvalue weighted by molar-refractivity contribution is 5.43. The van der Waals surface area contributed by atoms with Crippen molar-refractivity contribution >= 4 is 0 Å². The van der Waals surface area contributed by atoms with Crippen LogP contribution >= 0.6 is 0 Å². The van der Waals surface area contributed by atoms with Crippen LogP contribution in [0.1, 0.15) is 18.0 Å². The molecule has 84 valence electrons. The van der Waals surface area contributed by atoms with Crippen LogP contribution in [-0.2, 0) is 0 Å². The molecule has 1 atom stereocenters. The molecule has 0 amide bonds. The quantitative estimate of drug-likeness (QED) is 0.604. The van der Waals surface area contributed by atoms with E-state index < -0.39 is 29.2 Å². The van der Waals surface area contributed by atoms with Crippen molar-refractivity contribution in [1.29, 1.82) is 0 Å². The molecular formula is C9H11F2NO3. The number of aliphatic hydroxyl groups is 1. The molecule has 0 spiro atoms. The first kappa shape index (κ1) is 11.7. The van der Waals surface area contributed by atoms with Gasteiger partial charge in [0.05, 0.1) is 0 Å². The van der Waals surface area contributed by atoms with Crippen LogP contribution in [0.5, 0.6) is 11.5 Å². The van der Waals surface area contributed by atoms with Gasteiger partial charge in [-0.2, -0.15) is 4.39 Å². The molecule has 4 nitrogen and oxygen atoms in total. The lowest BCUT2D eigenvalue weighted by molar-refractivity contribution is 0.274. The minimum atomic E-state index is -1.45. The minimum Gasteiger partial charge on any atom is -0.504 e. The minimum absolute atomic E-state index is 0.0528. The molecule has 0 aliphatic rings. The summed E-state index contributed by atoms with van der Waals surface area (Å²) in [5.74, 6) is -4.78. The van der Waals surface area contributed by atoms with Crippen molar-refractivity contribution in [3.8, 4) is 11.5 Å². The van der Waals surface area contributed by atoms with Gasteiger partial charge in [-0.1, -0.05) is 0 Å². The Kier molecular flexibility index (Phi) is 3.43. The van der Waals surface area contributed by atoms with Gasteiger partial charge in [0.2, 0.25) is 5.82 Å². The number of phenols is 2. The van der Waals surface area contributed by atoms with E-state index in [2.05, 4.69) is 0 Å². The number of aromatic hydroxyl groups is 2. The Morgan fingerprint density at radius 2 is 1.87 bits per heavy atom. The van der Waals surface area contributed by atoms with E-state index in [1.165, 1.54) is 0 Å². The molecule has 1 aromatic carbocycles. The van der Waals surface area contributed by atoms with Crippen molar-refractivity contribution in [3.05, 3.63) is 23.3 Å². The van der Waals surface area contributed by atoms with Gasteiger partial charge in [0.25, 0.3) is 0 Å². The first-order valence-electron chi connectivity index (χ1n) is 4.25. The number of phenolic OH excluding ortho intramolecular Hbond substituents is 2. The van der Waals surface area contributed by atoms with Crippen LogP contribution in [-0.4, -0.2) is 21.9 Å². The maximum atomic E-state index is 13.0. The maximum absolute atomic E-state index is 13.0. The molecule has 1 rings (SSSR count). The zero-order valence-corrected chi connectivity index (χ0v) is 7.74. The fourth-order valence-corrected chi connectivity index (χ4v) is 1.19. The molecule has 15 heavy (non-hydrogen) atoms. The molecule has 0 saturated heterocycles. The summed E-state index contributed by atoms with van der Waals surface area (Å²) in [7, 11) is 0. The summed E-state index contributed by atoms with van der Waals surface area (Å²) in [5.41, 5.74) is 5.28. The highest BCUT2D eigenvalue weighted by Gasteiger charge is 2.20. The number of halogens is 2. The average molecular weight is 219 g/mol. The summed E-state index contributed by atoms with van der Waals surface area (Å²) < 4.78 is 25.9. The monoisotopic (exact) mass is 219 g/mol. The van der Waals surface area contributed by atoms with Gasteiger partial charge in [0.15, 0.2) is 17.3 Å². The third-order valence-corrected chi connectivity index (χ3v) is 2.04. The molecule has 0 radical (unpaired) electrons. The zero-order chi connectivity index (χ0) is 11.6. The highest BCUT2D eigenvalue weighted by atomic mass is 19.1. The number of benzene rings is 1. The lowest BCUT2D eigenvalue weighted by Crippen LogP contribution is -2.13. The van der Waals surface area contributed by atoms with Crippen molar-refractivity contribution in [3.63, 3.8) is 0 Å². The Morgan fingerprint density at radius 3 is 2.40 bits per heavy atom. The SMILES string of the molecule is NC(CCO)c1cc(F)c(O)c(F)c1O. The van der Waals surface area contributed by atoms with Crippen LogP contribution in [0.4, 0.5) is 8.78 Å². The summed E-state index contributed by atoms with van der Waals surface area (Å²) in [6.07, 6.45) is 0.0528. The van der Waals surface area contributed by atoms with Crippen LogP contribution in [0.25, 0.3) is 0 Å². The number of hydrogen-bond acceptors (Lipinski definition) is 4. The van der Waals surface area contributed by atoms with E-state index >= 15 is 0 Å². The van der Waals surface area contributed by atoms with Crippen LogP contribution in [0.3, 0.4) is 0 Å². The fraction of sp³-hybridized carbons (Fsp3) is 0.333. The molecule has 0 bridgehead atoms. The number of aliphatic hydroxyl groups excluding tert-OH is 1. The van der Waals surface area contributed by atoms with E-state index in [0.29, 0.717) is 0 Å². The maximum Gasteiger partial charge on any atom is 0.209 e. The van der Waals surface area contributed by atoms with Gasteiger partial charge >= 0.3 is 0 Å². The third kappa shape index (κ3) is 2.16. The van der Waals surface area contributed by atoms with E-state index in [1.54, 1.807) is 0 Å². The van der Waals surface area contributed by atoms with Gasteiger partial charge in [-0.25, -0.2) is 4.39 Å². The van der Waals surface area contributed by atoms with E-state index in [9.17, 15) is 13.9 Å². The number of rotatable bonds is 3. The van der Waals surface area contributed by atoms with Crippen molar-refractivity contribution in [2.75, 3.05) is 6.61 Å². The fourth-order valence-electron chi connectivity index (χ4n) is 1.19. The Balaban J connectivity index is 3.19. The Morgan fingerprint density at radius 1 is 1.27 bits per heavy atom. The molecule has 5 N–H and O–H groups in total. The second-order valence-corrected chi connectivity index (χ2v) is 3.08. The molecule has 0 fully saturated rings. The summed E-state index contributed by atoms with van der Waals surface area (Å²) in [6, 6.07) is -0.145. The molecule has 0 aromatic heterocycles. The lowest BCUT2D eigenvalue weighted by Gasteiger charge is -2.13. The first-order chi connectivity index (χ1) is 6.99. The van der Waals surface area contributed by atoms with E-state index in [1.807, 2.05) is 0 Å². The Labute approximate surface area is 84.6 Å². The molecular weight excluding hydrogens is 208 g/mol. The van der Waals surface area contributed by atoms with E-state index in [-0.39, 0.29) is 18.6 Å². The van der Waals surface area contributed by atoms with Gasteiger partial charge in [-0.15, -0.1) is 0 Å². The standard InChI is InChI=1S/C9H11F2NO3/c10-5-3-4(6(12)1-2-13)8(14)7(11)9(5)15/h3,6,13-15H,1-2,12H2. The molecule has 1 aromatic rings. The van der Waals surface area contributed by atoms with E-state index in [0.717, 1.165) is 6.07 Å².